The molecule has 1 aliphatic rings. The summed E-state index contributed by atoms with van der Waals surface area (Å²) in [6.45, 7) is 1.47. The molecule has 0 aliphatic heterocycles. The molecule has 6 nitrogen and oxygen atoms in total. The summed E-state index contributed by atoms with van der Waals surface area (Å²) in [6, 6.07) is 1.91. The first-order chi connectivity index (χ1) is 9.70. The fourth-order valence-corrected chi connectivity index (χ4v) is 3.45. The molecule has 8 heteroatoms. The number of aromatic carboxylic acids is 1. The van der Waals surface area contributed by atoms with Gasteiger partial charge in [0.25, 0.3) is 0 Å². The van der Waals surface area contributed by atoms with Crippen molar-refractivity contribution >= 4 is 16.0 Å². The SMILES string of the molecule is Cc1cc(S(=O)(=O)NCC2CC(O)C2)cc(C(=O)O)c1F. The monoisotopic (exact) mass is 317 g/mol. The van der Waals surface area contributed by atoms with Crippen LogP contribution in [0.5, 0.6) is 0 Å². The van der Waals surface area contributed by atoms with Gasteiger partial charge >= 0.3 is 5.97 Å². The van der Waals surface area contributed by atoms with Crippen LogP contribution in [-0.2, 0) is 10.0 Å². The zero-order chi connectivity index (χ0) is 15.8. The van der Waals surface area contributed by atoms with E-state index in [0.717, 1.165) is 12.1 Å². The summed E-state index contributed by atoms with van der Waals surface area (Å²) in [5.74, 6) is -2.39. The maximum atomic E-state index is 13.6. The molecule has 0 saturated heterocycles. The molecule has 0 atom stereocenters. The number of halogens is 1. The highest BCUT2D eigenvalue weighted by atomic mass is 32.2. The molecule has 0 unspecified atom stereocenters. The van der Waals surface area contributed by atoms with Gasteiger partial charge in [0.05, 0.1) is 16.6 Å². The van der Waals surface area contributed by atoms with Gasteiger partial charge in [-0.05, 0) is 43.4 Å². The first-order valence-corrected chi connectivity index (χ1v) is 7.90. The number of carboxylic acids is 1. The van der Waals surface area contributed by atoms with E-state index < -0.39 is 27.4 Å². The number of carboxylic acid groups (broad SMARTS) is 1. The van der Waals surface area contributed by atoms with Gasteiger partial charge in [-0.25, -0.2) is 22.3 Å². The summed E-state index contributed by atoms with van der Waals surface area (Å²) in [5, 5.41) is 18.0. The lowest BCUT2D eigenvalue weighted by atomic mass is 9.83. The number of aliphatic hydroxyl groups excluding tert-OH is 1. The molecule has 0 radical (unpaired) electrons. The maximum Gasteiger partial charge on any atom is 0.338 e. The lowest BCUT2D eigenvalue weighted by Crippen LogP contribution is -2.38. The van der Waals surface area contributed by atoms with Gasteiger partial charge in [-0.2, -0.15) is 0 Å². The Bertz CT molecular complexity index is 667. The molecule has 0 aromatic heterocycles. The van der Waals surface area contributed by atoms with Crippen LogP contribution in [0.15, 0.2) is 17.0 Å². The predicted octanol–water partition coefficient (Wildman–Crippen LogP) is 0.882. The molecule has 0 heterocycles. The minimum atomic E-state index is -3.91. The first kappa shape index (κ1) is 15.9. The van der Waals surface area contributed by atoms with E-state index in [4.69, 9.17) is 10.2 Å². The Balaban J connectivity index is 2.21. The largest absolute Gasteiger partial charge is 0.478 e. The summed E-state index contributed by atoms with van der Waals surface area (Å²) in [7, 11) is -3.91. The standard InChI is InChI=1S/C13H16FNO5S/c1-7-2-10(5-11(12(7)14)13(17)18)21(19,20)15-6-8-3-9(16)4-8/h2,5,8-9,15-16H,3-4,6H2,1H3,(H,17,18). The molecule has 2 rings (SSSR count). The van der Waals surface area contributed by atoms with Gasteiger partial charge in [0.2, 0.25) is 10.0 Å². The van der Waals surface area contributed by atoms with Gasteiger partial charge < -0.3 is 10.2 Å². The molecule has 0 amide bonds. The van der Waals surface area contributed by atoms with Crippen LogP contribution in [0.2, 0.25) is 0 Å². The highest BCUT2D eigenvalue weighted by Crippen LogP contribution is 2.27. The molecule has 0 spiro atoms. The fraction of sp³-hybridized carbons (Fsp3) is 0.462. The van der Waals surface area contributed by atoms with Crippen molar-refractivity contribution in [3.63, 3.8) is 0 Å². The van der Waals surface area contributed by atoms with Crippen LogP contribution >= 0.6 is 0 Å². The Labute approximate surface area is 121 Å². The van der Waals surface area contributed by atoms with Gasteiger partial charge in [-0.3, -0.25) is 0 Å². The number of sulfonamides is 1. The summed E-state index contributed by atoms with van der Waals surface area (Å²) >= 11 is 0. The highest BCUT2D eigenvalue weighted by Gasteiger charge is 2.29. The Morgan fingerprint density at radius 3 is 2.57 bits per heavy atom. The van der Waals surface area contributed by atoms with Crippen LogP contribution in [0.1, 0.15) is 28.8 Å². The van der Waals surface area contributed by atoms with Crippen molar-refractivity contribution in [1.82, 2.24) is 4.72 Å². The lowest BCUT2D eigenvalue weighted by Gasteiger charge is -2.31. The average Bonchev–Trinajstić information content (AvgIpc) is 2.35. The lowest BCUT2D eigenvalue weighted by molar-refractivity contribution is 0.0453. The van der Waals surface area contributed by atoms with Crippen molar-refractivity contribution in [3.05, 3.63) is 29.1 Å². The van der Waals surface area contributed by atoms with Crippen LogP contribution in [0.4, 0.5) is 4.39 Å². The number of hydrogen-bond donors (Lipinski definition) is 3. The normalized spacial score (nSPS) is 21.9. The Morgan fingerprint density at radius 2 is 2.05 bits per heavy atom. The van der Waals surface area contributed by atoms with Crippen molar-refractivity contribution < 1.29 is 27.8 Å². The third kappa shape index (κ3) is 3.39. The van der Waals surface area contributed by atoms with Crippen LogP contribution in [0.25, 0.3) is 0 Å². The third-order valence-corrected chi connectivity index (χ3v) is 4.94. The van der Waals surface area contributed by atoms with Crippen LogP contribution < -0.4 is 4.72 Å². The Morgan fingerprint density at radius 1 is 1.43 bits per heavy atom. The van der Waals surface area contributed by atoms with Crippen molar-refractivity contribution in [2.45, 2.75) is 30.8 Å². The van der Waals surface area contributed by atoms with Crippen molar-refractivity contribution in [2.75, 3.05) is 6.54 Å². The van der Waals surface area contributed by atoms with Crippen molar-refractivity contribution in [1.29, 1.82) is 0 Å². The van der Waals surface area contributed by atoms with E-state index >= 15 is 0 Å². The molecular weight excluding hydrogens is 301 g/mol. The predicted molar refractivity (Wildman–Crippen MR) is 72.0 cm³/mol. The summed E-state index contributed by atoms with van der Waals surface area (Å²) < 4.78 is 40.2. The van der Waals surface area contributed by atoms with E-state index in [1.807, 2.05) is 0 Å². The average molecular weight is 317 g/mol. The van der Waals surface area contributed by atoms with Crippen molar-refractivity contribution in [2.24, 2.45) is 5.92 Å². The molecule has 0 bridgehead atoms. The third-order valence-electron chi connectivity index (χ3n) is 3.54. The quantitative estimate of drug-likeness (QED) is 0.748. The van der Waals surface area contributed by atoms with Crippen LogP contribution in [0, 0.1) is 18.7 Å². The van der Waals surface area contributed by atoms with Gasteiger partial charge in [0.1, 0.15) is 5.82 Å². The van der Waals surface area contributed by atoms with E-state index in [1.54, 1.807) is 0 Å². The fourth-order valence-electron chi connectivity index (χ4n) is 2.23. The minimum absolute atomic E-state index is 0.0469. The molecular formula is C13H16FNO5S. The summed E-state index contributed by atoms with van der Waals surface area (Å²) in [4.78, 5) is 10.6. The number of aryl methyl sites for hydroxylation is 1. The van der Waals surface area contributed by atoms with Gasteiger partial charge in [0, 0.05) is 6.54 Å². The molecule has 116 valence electrons. The van der Waals surface area contributed by atoms with E-state index in [1.165, 1.54) is 6.92 Å². The van der Waals surface area contributed by atoms with E-state index in [0.29, 0.717) is 12.8 Å². The molecule has 3 N–H and O–H groups in total. The van der Waals surface area contributed by atoms with Crippen molar-refractivity contribution in [3.8, 4) is 0 Å². The molecule has 1 fully saturated rings. The number of hydrogen-bond acceptors (Lipinski definition) is 4. The second-order valence-electron chi connectivity index (χ2n) is 5.25. The highest BCUT2D eigenvalue weighted by molar-refractivity contribution is 7.89. The van der Waals surface area contributed by atoms with Gasteiger partial charge in [-0.15, -0.1) is 0 Å². The Hall–Kier alpha value is -1.51. The summed E-state index contributed by atoms with van der Waals surface area (Å²) in [5.41, 5.74) is -0.719. The molecule has 1 saturated carbocycles. The number of nitrogens with one attached hydrogen (secondary N) is 1. The van der Waals surface area contributed by atoms with E-state index in [9.17, 15) is 17.6 Å². The number of carbonyl (C=O) groups is 1. The van der Waals surface area contributed by atoms with E-state index in [2.05, 4.69) is 4.72 Å². The molecule has 1 aromatic carbocycles. The second kappa shape index (κ2) is 5.70. The van der Waals surface area contributed by atoms with Crippen LogP contribution in [0.3, 0.4) is 0 Å². The topological polar surface area (TPSA) is 104 Å². The zero-order valence-electron chi connectivity index (χ0n) is 11.3. The zero-order valence-corrected chi connectivity index (χ0v) is 12.2. The number of benzene rings is 1. The second-order valence-corrected chi connectivity index (χ2v) is 7.02. The first-order valence-electron chi connectivity index (χ1n) is 6.42. The van der Waals surface area contributed by atoms with Crippen LogP contribution in [-0.4, -0.2) is 37.2 Å². The maximum absolute atomic E-state index is 13.6. The summed E-state index contributed by atoms with van der Waals surface area (Å²) in [6.07, 6.45) is 0.683. The Kier molecular flexibility index (Phi) is 4.31. The molecule has 1 aromatic rings. The van der Waals surface area contributed by atoms with Gasteiger partial charge in [0.15, 0.2) is 0 Å². The van der Waals surface area contributed by atoms with Gasteiger partial charge in [-0.1, -0.05) is 0 Å². The molecule has 1 aliphatic carbocycles. The molecule has 21 heavy (non-hydrogen) atoms. The number of aliphatic hydroxyl groups is 1. The smallest absolute Gasteiger partial charge is 0.338 e. The van der Waals surface area contributed by atoms with E-state index in [-0.39, 0.29) is 29.0 Å². The minimum Gasteiger partial charge on any atom is -0.478 e. The number of rotatable bonds is 5.